The van der Waals surface area contributed by atoms with Crippen molar-refractivity contribution >= 4 is 5.91 Å². The predicted octanol–water partition coefficient (Wildman–Crippen LogP) is -0.511. The first-order valence-electron chi connectivity index (χ1n) is 5.57. The van der Waals surface area contributed by atoms with Gasteiger partial charge in [0.15, 0.2) is 0 Å². The molecular formula is C10H17N5O. The Hall–Kier alpha value is -1.43. The van der Waals surface area contributed by atoms with Crippen LogP contribution in [-0.2, 0) is 11.3 Å². The number of carbonyl (C=O) groups is 1. The zero-order chi connectivity index (χ0) is 11.4. The van der Waals surface area contributed by atoms with Gasteiger partial charge in [-0.1, -0.05) is 5.21 Å². The summed E-state index contributed by atoms with van der Waals surface area (Å²) in [6.45, 7) is 2.10. The monoisotopic (exact) mass is 223 g/mol. The molecule has 0 radical (unpaired) electrons. The van der Waals surface area contributed by atoms with Gasteiger partial charge in [-0.15, -0.1) is 5.10 Å². The van der Waals surface area contributed by atoms with Crippen molar-refractivity contribution in [1.29, 1.82) is 0 Å². The quantitative estimate of drug-likeness (QED) is 0.746. The Labute approximate surface area is 94.6 Å². The molecule has 1 aromatic heterocycles. The molecule has 1 fully saturated rings. The third-order valence-electron chi connectivity index (χ3n) is 2.85. The van der Waals surface area contributed by atoms with Crippen LogP contribution in [0, 0.1) is 0 Å². The number of aromatic nitrogens is 3. The lowest BCUT2D eigenvalue weighted by Gasteiger charge is -2.21. The fraction of sp³-hybridized carbons (Fsp3) is 0.700. The van der Waals surface area contributed by atoms with Gasteiger partial charge in [-0.05, 0) is 19.4 Å². The Balaban J connectivity index is 1.79. The van der Waals surface area contributed by atoms with Crippen LogP contribution in [-0.4, -0.2) is 52.0 Å². The first kappa shape index (κ1) is 11.1. The van der Waals surface area contributed by atoms with Gasteiger partial charge < -0.3 is 10.2 Å². The van der Waals surface area contributed by atoms with Crippen molar-refractivity contribution in [2.45, 2.75) is 25.4 Å². The molecule has 16 heavy (non-hydrogen) atoms. The summed E-state index contributed by atoms with van der Waals surface area (Å²) in [6.07, 6.45) is 5.63. The third kappa shape index (κ3) is 2.79. The van der Waals surface area contributed by atoms with Gasteiger partial charge in [0.25, 0.3) is 0 Å². The molecule has 1 unspecified atom stereocenters. The Kier molecular flexibility index (Phi) is 3.51. The zero-order valence-electron chi connectivity index (χ0n) is 9.46. The van der Waals surface area contributed by atoms with Crippen LogP contribution in [0.5, 0.6) is 0 Å². The van der Waals surface area contributed by atoms with Gasteiger partial charge in [0.05, 0.1) is 6.20 Å². The van der Waals surface area contributed by atoms with E-state index in [9.17, 15) is 4.79 Å². The highest BCUT2D eigenvalue weighted by atomic mass is 16.2. The van der Waals surface area contributed by atoms with E-state index in [2.05, 4.69) is 15.6 Å². The van der Waals surface area contributed by atoms with E-state index in [0.717, 1.165) is 19.5 Å². The van der Waals surface area contributed by atoms with Crippen molar-refractivity contribution in [1.82, 2.24) is 25.2 Å². The van der Waals surface area contributed by atoms with Gasteiger partial charge in [0.2, 0.25) is 5.91 Å². The van der Waals surface area contributed by atoms with Crippen LogP contribution in [0.4, 0.5) is 0 Å². The second-order valence-corrected chi connectivity index (χ2v) is 4.17. The molecule has 0 spiro atoms. The summed E-state index contributed by atoms with van der Waals surface area (Å²) < 4.78 is 1.54. The van der Waals surface area contributed by atoms with Gasteiger partial charge in [0, 0.05) is 25.8 Å². The standard InChI is InChI=1S/C10H17N5O/c1-14(7-9-3-2-4-11-9)10(16)8-15-6-5-12-13-15/h5-6,9,11H,2-4,7-8H2,1H3. The number of hydrogen-bond donors (Lipinski definition) is 1. The largest absolute Gasteiger partial charge is 0.343 e. The molecule has 1 aliphatic rings. The number of nitrogens with one attached hydrogen (secondary N) is 1. The number of nitrogens with zero attached hydrogens (tertiary/aromatic N) is 4. The maximum absolute atomic E-state index is 11.8. The summed E-state index contributed by atoms with van der Waals surface area (Å²) in [4.78, 5) is 13.6. The van der Waals surface area contributed by atoms with Crippen LogP contribution in [0.15, 0.2) is 12.4 Å². The van der Waals surface area contributed by atoms with Crippen LogP contribution in [0.25, 0.3) is 0 Å². The van der Waals surface area contributed by atoms with E-state index < -0.39 is 0 Å². The van der Waals surface area contributed by atoms with Crippen LogP contribution < -0.4 is 5.32 Å². The van der Waals surface area contributed by atoms with E-state index in [-0.39, 0.29) is 12.5 Å². The number of hydrogen-bond acceptors (Lipinski definition) is 4. The molecule has 1 atom stereocenters. The SMILES string of the molecule is CN(CC1CCCN1)C(=O)Cn1ccnn1. The van der Waals surface area contributed by atoms with E-state index in [1.807, 2.05) is 7.05 Å². The molecule has 0 aliphatic carbocycles. The molecule has 1 saturated heterocycles. The van der Waals surface area contributed by atoms with Gasteiger partial charge in [-0.3, -0.25) is 4.79 Å². The Bertz CT molecular complexity index is 331. The van der Waals surface area contributed by atoms with E-state index in [1.165, 1.54) is 6.42 Å². The minimum atomic E-state index is 0.0687. The topological polar surface area (TPSA) is 63.1 Å². The lowest BCUT2D eigenvalue weighted by Crippen LogP contribution is -2.40. The van der Waals surface area contributed by atoms with Crippen LogP contribution in [0.3, 0.4) is 0 Å². The molecule has 0 bridgehead atoms. The lowest BCUT2D eigenvalue weighted by molar-refractivity contribution is -0.131. The average Bonchev–Trinajstić information content (AvgIpc) is 2.90. The molecule has 0 saturated carbocycles. The highest BCUT2D eigenvalue weighted by Gasteiger charge is 2.18. The fourth-order valence-electron chi connectivity index (χ4n) is 1.92. The van der Waals surface area contributed by atoms with Crippen LogP contribution in [0.2, 0.25) is 0 Å². The van der Waals surface area contributed by atoms with Crippen molar-refractivity contribution in [3.63, 3.8) is 0 Å². The molecule has 2 rings (SSSR count). The summed E-state index contributed by atoms with van der Waals surface area (Å²) in [6, 6.07) is 0.449. The number of rotatable bonds is 4. The second-order valence-electron chi connectivity index (χ2n) is 4.17. The normalized spacial score (nSPS) is 19.9. The van der Waals surface area contributed by atoms with Crippen molar-refractivity contribution in [3.8, 4) is 0 Å². The van der Waals surface area contributed by atoms with Crippen LogP contribution in [0.1, 0.15) is 12.8 Å². The predicted molar refractivity (Wildman–Crippen MR) is 58.7 cm³/mol. The molecule has 1 N–H and O–H groups in total. The van der Waals surface area contributed by atoms with E-state index in [4.69, 9.17) is 0 Å². The zero-order valence-corrected chi connectivity index (χ0v) is 9.46. The Morgan fingerprint density at radius 1 is 1.69 bits per heavy atom. The van der Waals surface area contributed by atoms with Gasteiger partial charge >= 0.3 is 0 Å². The van der Waals surface area contributed by atoms with Crippen molar-refractivity contribution in [3.05, 3.63) is 12.4 Å². The minimum Gasteiger partial charge on any atom is -0.343 e. The summed E-state index contributed by atoms with van der Waals surface area (Å²) in [7, 11) is 1.83. The maximum Gasteiger partial charge on any atom is 0.244 e. The summed E-state index contributed by atoms with van der Waals surface area (Å²) in [5.74, 6) is 0.0687. The maximum atomic E-state index is 11.8. The first-order valence-corrected chi connectivity index (χ1v) is 5.57. The van der Waals surface area contributed by atoms with E-state index in [1.54, 1.807) is 22.0 Å². The van der Waals surface area contributed by atoms with Gasteiger partial charge in [-0.2, -0.15) is 0 Å². The van der Waals surface area contributed by atoms with E-state index in [0.29, 0.717) is 6.04 Å². The van der Waals surface area contributed by atoms with Crippen molar-refractivity contribution in [2.75, 3.05) is 20.1 Å². The van der Waals surface area contributed by atoms with Gasteiger partial charge in [-0.25, -0.2) is 4.68 Å². The third-order valence-corrected chi connectivity index (χ3v) is 2.85. The fourth-order valence-corrected chi connectivity index (χ4v) is 1.92. The molecule has 1 aliphatic heterocycles. The van der Waals surface area contributed by atoms with Gasteiger partial charge in [0.1, 0.15) is 6.54 Å². The minimum absolute atomic E-state index is 0.0687. The summed E-state index contributed by atoms with van der Waals surface area (Å²) >= 11 is 0. The smallest absolute Gasteiger partial charge is 0.244 e. The number of likely N-dealkylation sites (N-methyl/N-ethyl adjacent to an activating group) is 1. The molecule has 1 amide bonds. The van der Waals surface area contributed by atoms with Crippen molar-refractivity contribution < 1.29 is 4.79 Å². The second kappa shape index (κ2) is 5.07. The first-order chi connectivity index (χ1) is 7.75. The molecule has 0 aromatic carbocycles. The van der Waals surface area contributed by atoms with Crippen molar-refractivity contribution in [2.24, 2.45) is 0 Å². The molecular weight excluding hydrogens is 206 g/mol. The molecule has 88 valence electrons. The van der Waals surface area contributed by atoms with E-state index >= 15 is 0 Å². The molecule has 6 nitrogen and oxygen atoms in total. The molecule has 2 heterocycles. The highest BCUT2D eigenvalue weighted by Crippen LogP contribution is 2.06. The number of carbonyl (C=O) groups excluding carboxylic acids is 1. The summed E-state index contributed by atoms with van der Waals surface area (Å²) in [5.41, 5.74) is 0. The lowest BCUT2D eigenvalue weighted by atomic mass is 10.2. The highest BCUT2D eigenvalue weighted by molar-refractivity contribution is 5.75. The number of amides is 1. The Morgan fingerprint density at radius 3 is 3.19 bits per heavy atom. The molecule has 6 heteroatoms. The average molecular weight is 223 g/mol. The Morgan fingerprint density at radius 2 is 2.56 bits per heavy atom. The summed E-state index contributed by atoms with van der Waals surface area (Å²) in [5, 5.41) is 10.8. The molecule has 1 aromatic rings. The van der Waals surface area contributed by atoms with Crippen LogP contribution >= 0.6 is 0 Å².